The lowest BCUT2D eigenvalue weighted by atomic mass is 10.0. The van der Waals surface area contributed by atoms with E-state index < -0.39 is 18.2 Å². The number of ether oxygens (including phenoxy) is 1. The average molecular weight is 722 g/mol. The van der Waals surface area contributed by atoms with Crippen LogP contribution < -0.4 is 5.32 Å². The smallest absolute Gasteiger partial charge is 0.306 e. The highest BCUT2D eigenvalue weighted by Gasteiger charge is 2.24. The van der Waals surface area contributed by atoms with Gasteiger partial charge in [-0.05, 0) is 44.9 Å². The van der Waals surface area contributed by atoms with Gasteiger partial charge in [0, 0.05) is 6.42 Å². The van der Waals surface area contributed by atoms with Crippen LogP contribution in [0.2, 0.25) is 0 Å². The molecule has 0 fully saturated rings. The predicted molar refractivity (Wildman–Crippen MR) is 218 cm³/mol. The van der Waals surface area contributed by atoms with Crippen LogP contribution in [-0.2, 0) is 14.3 Å². The van der Waals surface area contributed by atoms with Gasteiger partial charge < -0.3 is 20.3 Å². The van der Waals surface area contributed by atoms with Crippen LogP contribution in [0, 0.1) is 0 Å². The molecular weight excluding hydrogens is 634 g/mol. The van der Waals surface area contributed by atoms with Crippen molar-refractivity contribution in [3.05, 3.63) is 12.2 Å². The van der Waals surface area contributed by atoms with Gasteiger partial charge in [-0.1, -0.05) is 193 Å². The van der Waals surface area contributed by atoms with Gasteiger partial charge in [0.25, 0.3) is 0 Å². The lowest BCUT2D eigenvalue weighted by Gasteiger charge is -2.24. The van der Waals surface area contributed by atoms with Crippen molar-refractivity contribution in [1.82, 2.24) is 5.32 Å². The van der Waals surface area contributed by atoms with E-state index in [2.05, 4.69) is 38.2 Å². The Morgan fingerprint density at radius 1 is 0.549 bits per heavy atom. The maximum atomic E-state index is 13.1. The summed E-state index contributed by atoms with van der Waals surface area (Å²) < 4.78 is 5.88. The van der Waals surface area contributed by atoms with Crippen molar-refractivity contribution in [3.8, 4) is 0 Å². The first-order valence-electron chi connectivity index (χ1n) is 22.4. The molecule has 6 heteroatoms. The fraction of sp³-hybridized carbons (Fsp3) is 0.911. The molecule has 0 aromatic carbocycles. The molecule has 0 aliphatic carbocycles. The van der Waals surface area contributed by atoms with Gasteiger partial charge in [-0.15, -0.1) is 0 Å². The zero-order chi connectivity index (χ0) is 37.5. The Hall–Kier alpha value is -1.40. The summed E-state index contributed by atoms with van der Waals surface area (Å²) in [5, 5.41) is 23.6. The Labute approximate surface area is 317 Å². The van der Waals surface area contributed by atoms with Gasteiger partial charge in [0.2, 0.25) is 5.91 Å². The molecule has 6 nitrogen and oxygen atoms in total. The first-order valence-corrected chi connectivity index (χ1v) is 22.4. The largest absolute Gasteiger partial charge is 0.462 e. The highest BCUT2D eigenvalue weighted by atomic mass is 16.5. The second-order valence-electron chi connectivity index (χ2n) is 15.5. The van der Waals surface area contributed by atoms with E-state index in [4.69, 9.17) is 4.74 Å². The molecule has 3 atom stereocenters. The number of esters is 1. The van der Waals surface area contributed by atoms with Gasteiger partial charge >= 0.3 is 5.97 Å². The molecule has 0 aromatic rings. The molecule has 0 aliphatic heterocycles. The van der Waals surface area contributed by atoms with Crippen LogP contribution in [0.5, 0.6) is 0 Å². The highest BCUT2D eigenvalue weighted by Crippen LogP contribution is 2.18. The van der Waals surface area contributed by atoms with Crippen molar-refractivity contribution in [2.75, 3.05) is 6.61 Å². The number of unbranched alkanes of at least 4 members (excludes halogenated alkanes) is 26. The standard InChI is InChI=1S/C45H87NO5/c1-4-7-10-13-16-19-21-23-25-28-31-34-37-43(48)42(40-47)46-44(49)39-41(36-33-30-27-24-18-15-12-9-6-3)51-45(50)38-35-32-29-26-22-20-17-14-11-8-5-2/h14,17,41-43,47-48H,4-13,15-16,18-40H2,1-3H3,(H,46,49)/b17-14-. The molecule has 0 saturated heterocycles. The SMILES string of the molecule is CCCC/C=C\CCCCCCCC(=O)OC(CCCCCCCCCCC)CC(=O)NC(CO)C(O)CCCCCCCCCCCCCC. The van der Waals surface area contributed by atoms with Crippen molar-refractivity contribution < 1.29 is 24.5 Å². The summed E-state index contributed by atoms with van der Waals surface area (Å²) >= 11 is 0. The zero-order valence-electron chi connectivity index (χ0n) is 34.3. The molecule has 0 radical (unpaired) electrons. The molecule has 302 valence electrons. The summed E-state index contributed by atoms with van der Waals surface area (Å²) in [6, 6.07) is -0.693. The van der Waals surface area contributed by atoms with E-state index >= 15 is 0 Å². The van der Waals surface area contributed by atoms with Crippen molar-refractivity contribution >= 4 is 11.9 Å². The number of carbonyl (C=O) groups excluding carboxylic acids is 2. The van der Waals surface area contributed by atoms with E-state index in [0.29, 0.717) is 19.3 Å². The van der Waals surface area contributed by atoms with Crippen LogP contribution in [0.4, 0.5) is 0 Å². The molecule has 0 rings (SSSR count). The molecule has 0 aromatic heterocycles. The van der Waals surface area contributed by atoms with Crippen LogP contribution >= 0.6 is 0 Å². The number of carbonyl (C=O) groups is 2. The quantitative estimate of drug-likeness (QED) is 0.0332. The average Bonchev–Trinajstić information content (AvgIpc) is 3.12. The van der Waals surface area contributed by atoms with Gasteiger partial charge in [0.1, 0.15) is 6.10 Å². The maximum Gasteiger partial charge on any atom is 0.306 e. The molecule has 3 N–H and O–H groups in total. The van der Waals surface area contributed by atoms with Crippen molar-refractivity contribution in [2.45, 2.75) is 257 Å². The number of hydrogen-bond acceptors (Lipinski definition) is 5. The lowest BCUT2D eigenvalue weighted by molar-refractivity contribution is -0.151. The van der Waals surface area contributed by atoms with E-state index in [1.54, 1.807) is 0 Å². The molecule has 0 aliphatic rings. The molecule has 0 saturated carbocycles. The van der Waals surface area contributed by atoms with Crippen LogP contribution in [0.15, 0.2) is 12.2 Å². The number of nitrogens with one attached hydrogen (secondary N) is 1. The minimum absolute atomic E-state index is 0.0797. The third-order valence-corrected chi connectivity index (χ3v) is 10.3. The van der Waals surface area contributed by atoms with E-state index in [9.17, 15) is 19.8 Å². The Morgan fingerprint density at radius 3 is 1.45 bits per heavy atom. The Balaban J connectivity index is 4.52. The second-order valence-corrected chi connectivity index (χ2v) is 15.5. The summed E-state index contributed by atoms with van der Waals surface area (Å²) in [5.74, 6) is -0.478. The molecule has 0 bridgehead atoms. The summed E-state index contributed by atoms with van der Waals surface area (Å²) in [6.07, 6.45) is 41.3. The number of allylic oxidation sites excluding steroid dienone is 2. The number of aliphatic hydroxyl groups is 2. The van der Waals surface area contributed by atoms with Gasteiger partial charge in [-0.25, -0.2) is 0 Å². The van der Waals surface area contributed by atoms with Crippen LogP contribution in [0.25, 0.3) is 0 Å². The Kier molecular flexibility index (Phi) is 38.7. The number of amides is 1. The summed E-state index contributed by atoms with van der Waals surface area (Å²) in [5.41, 5.74) is 0. The summed E-state index contributed by atoms with van der Waals surface area (Å²) in [7, 11) is 0. The van der Waals surface area contributed by atoms with E-state index in [1.165, 1.54) is 141 Å². The first-order chi connectivity index (χ1) is 25.0. The molecule has 1 amide bonds. The van der Waals surface area contributed by atoms with Gasteiger partial charge in [-0.3, -0.25) is 9.59 Å². The third-order valence-electron chi connectivity index (χ3n) is 10.3. The molecule has 0 spiro atoms. The minimum atomic E-state index is -0.780. The van der Waals surface area contributed by atoms with Gasteiger partial charge in [-0.2, -0.15) is 0 Å². The van der Waals surface area contributed by atoms with E-state index in [1.807, 2.05) is 0 Å². The summed E-state index contributed by atoms with van der Waals surface area (Å²) in [6.45, 7) is 6.42. The molecule has 0 heterocycles. The minimum Gasteiger partial charge on any atom is -0.462 e. The number of hydrogen-bond donors (Lipinski definition) is 3. The van der Waals surface area contributed by atoms with E-state index in [0.717, 1.165) is 51.4 Å². The summed E-state index contributed by atoms with van der Waals surface area (Å²) in [4.78, 5) is 25.9. The lowest BCUT2D eigenvalue weighted by Crippen LogP contribution is -2.46. The van der Waals surface area contributed by atoms with Crippen molar-refractivity contribution in [3.63, 3.8) is 0 Å². The second kappa shape index (κ2) is 39.8. The van der Waals surface area contributed by atoms with Crippen molar-refractivity contribution in [2.24, 2.45) is 0 Å². The Morgan fingerprint density at radius 2 is 0.961 bits per heavy atom. The monoisotopic (exact) mass is 722 g/mol. The first kappa shape index (κ1) is 49.6. The van der Waals surface area contributed by atoms with Crippen LogP contribution in [0.1, 0.15) is 239 Å². The fourth-order valence-electron chi connectivity index (χ4n) is 6.88. The maximum absolute atomic E-state index is 13.1. The predicted octanol–water partition coefficient (Wildman–Crippen LogP) is 12.6. The Bertz CT molecular complexity index is 772. The van der Waals surface area contributed by atoms with Crippen LogP contribution in [0.3, 0.4) is 0 Å². The zero-order valence-corrected chi connectivity index (χ0v) is 34.3. The van der Waals surface area contributed by atoms with E-state index in [-0.39, 0.29) is 24.9 Å². The third kappa shape index (κ3) is 35.4. The van der Waals surface area contributed by atoms with Crippen molar-refractivity contribution in [1.29, 1.82) is 0 Å². The number of rotatable bonds is 40. The van der Waals surface area contributed by atoms with Crippen LogP contribution in [-0.4, -0.2) is 46.9 Å². The highest BCUT2D eigenvalue weighted by molar-refractivity contribution is 5.77. The molecule has 3 unspecified atom stereocenters. The number of aliphatic hydroxyl groups excluding tert-OH is 2. The molecular formula is C45H87NO5. The topological polar surface area (TPSA) is 95.9 Å². The molecule has 51 heavy (non-hydrogen) atoms. The van der Waals surface area contributed by atoms with Gasteiger partial charge in [0.15, 0.2) is 0 Å². The fourth-order valence-corrected chi connectivity index (χ4v) is 6.88. The van der Waals surface area contributed by atoms with Gasteiger partial charge in [0.05, 0.1) is 25.2 Å². The normalized spacial score (nSPS) is 13.4.